The zero-order valence-corrected chi connectivity index (χ0v) is 16.4. The lowest BCUT2D eigenvalue weighted by Gasteiger charge is -2.38. The van der Waals surface area contributed by atoms with Crippen LogP contribution in [0.2, 0.25) is 0 Å². The Bertz CT molecular complexity index is 605. The van der Waals surface area contributed by atoms with Gasteiger partial charge in [-0.15, -0.1) is 0 Å². The molecule has 1 saturated carbocycles. The number of hydrogen-bond donors (Lipinski definition) is 1. The molecular weight excluding hydrogens is 338 g/mol. The van der Waals surface area contributed by atoms with Gasteiger partial charge in [-0.25, -0.2) is 0 Å². The fourth-order valence-electron chi connectivity index (χ4n) is 4.62. The lowest BCUT2D eigenvalue weighted by Crippen LogP contribution is -2.52. The van der Waals surface area contributed by atoms with Gasteiger partial charge >= 0.3 is 0 Å². The number of amides is 1. The molecule has 1 atom stereocenters. The molecular formula is C22H33N3O2. The van der Waals surface area contributed by atoms with Gasteiger partial charge in [0.2, 0.25) is 5.91 Å². The summed E-state index contributed by atoms with van der Waals surface area (Å²) in [7, 11) is 0. The molecule has 148 valence electrons. The molecule has 27 heavy (non-hydrogen) atoms. The van der Waals surface area contributed by atoms with E-state index in [-0.39, 0.29) is 5.41 Å². The molecule has 2 saturated heterocycles. The predicted molar refractivity (Wildman–Crippen MR) is 107 cm³/mol. The first-order valence-electron chi connectivity index (χ1n) is 10.7. The summed E-state index contributed by atoms with van der Waals surface area (Å²) in [4.78, 5) is 18.4. The smallest absolute Gasteiger partial charge is 0.233 e. The molecule has 0 radical (unpaired) electrons. The summed E-state index contributed by atoms with van der Waals surface area (Å²) in [6.45, 7) is 7.67. The van der Waals surface area contributed by atoms with E-state index < -0.39 is 0 Å². The molecule has 0 bridgehead atoms. The van der Waals surface area contributed by atoms with Gasteiger partial charge in [-0.05, 0) is 44.2 Å². The molecule has 1 aromatic carbocycles. The molecule has 1 N–H and O–H groups in total. The fourth-order valence-corrected chi connectivity index (χ4v) is 4.62. The van der Waals surface area contributed by atoms with Gasteiger partial charge in [-0.1, -0.05) is 30.3 Å². The fraction of sp³-hybridized carbons (Fsp3) is 0.682. The van der Waals surface area contributed by atoms with Crippen LogP contribution in [-0.2, 0) is 14.9 Å². The highest BCUT2D eigenvalue weighted by Crippen LogP contribution is 2.50. The first-order valence-corrected chi connectivity index (χ1v) is 10.7. The van der Waals surface area contributed by atoms with Crippen LogP contribution in [0.4, 0.5) is 0 Å². The van der Waals surface area contributed by atoms with E-state index in [9.17, 15) is 4.79 Å². The van der Waals surface area contributed by atoms with Gasteiger partial charge in [-0.2, -0.15) is 0 Å². The van der Waals surface area contributed by atoms with Gasteiger partial charge in [0.25, 0.3) is 0 Å². The van der Waals surface area contributed by atoms with Crippen molar-refractivity contribution in [1.82, 2.24) is 15.1 Å². The molecule has 4 rings (SSSR count). The summed E-state index contributed by atoms with van der Waals surface area (Å²) < 4.78 is 5.45. The van der Waals surface area contributed by atoms with Crippen LogP contribution in [0.15, 0.2) is 30.3 Å². The summed E-state index contributed by atoms with van der Waals surface area (Å²) in [5.41, 5.74) is 0.953. The molecule has 0 spiro atoms. The first-order chi connectivity index (χ1) is 13.3. The Morgan fingerprint density at radius 1 is 1.22 bits per heavy atom. The summed E-state index contributed by atoms with van der Waals surface area (Å²) in [5, 5.41) is 3.50. The van der Waals surface area contributed by atoms with Gasteiger partial charge in [0, 0.05) is 38.8 Å². The van der Waals surface area contributed by atoms with E-state index in [2.05, 4.69) is 39.4 Å². The molecule has 2 heterocycles. The van der Waals surface area contributed by atoms with Crippen molar-refractivity contribution in [3.8, 4) is 0 Å². The molecule has 1 aliphatic carbocycles. The molecule has 1 unspecified atom stereocenters. The maximum Gasteiger partial charge on any atom is 0.233 e. The summed E-state index contributed by atoms with van der Waals surface area (Å²) in [5.74, 6) is 0.365. The summed E-state index contributed by atoms with van der Waals surface area (Å²) in [6.07, 6.45) is 5.33. The van der Waals surface area contributed by atoms with Crippen molar-refractivity contribution in [1.29, 1.82) is 0 Å². The SMILES string of the molecule is O=C(N(CCCN1CCOCC1)C1CCCNC1)C1(c2ccccc2)CC1. The van der Waals surface area contributed by atoms with Crippen LogP contribution in [0.25, 0.3) is 0 Å². The molecule has 1 amide bonds. The number of hydrogen-bond acceptors (Lipinski definition) is 4. The Hall–Kier alpha value is -1.43. The third-order valence-electron chi connectivity index (χ3n) is 6.44. The minimum Gasteiger partial charge on any atom is -0.379 e. The van der Waals surface area contributed by atoms with Crippen molar-refractivity contribution in [2.45, 2.75) is 43.6 Å². The number of morpholine rings is 1. The Morgan fingerprint density at radius 3 is 2.67 bits per heavy atom. The van der Waals surface area contributed by atoms with E-state index in [0.717, 1.165) is 84.6 Å². The number of carbonyl (C=O) groups excluding carboxylic acids is 1. The third kappa shape index (κ3) is 4.36. The van der Waals surface area contributed by atoms with Crippen LogP contribution >= 0.6 is 0 Å². The minimum atomic E-state index is -0.252. The van der Waals surface area contributed by atoms with Crippen molar-refractivity contribution in [2.75, 3.05) is 52.5 Å². The Kier molecular flexibility index (Phi) is 6.11. The van der Waals surface area contributed by atoms with Crippen LogP contribution in [-0.4, -0.2) is 74.2 Å². The van der Waals surface area contributed by atoms with Gasteiger partial charge < -0.3 is 15.0 Å². The molecule has 5 nitrogen and oxygen atoms in total. The maximum absolute atomic E-state index is 13.7. The van der Waals surface area contributed by atoms with Crippen molar-refractivity contribution in [3.63, 3.8) is 0 Å². The molecule has 3 fully saturated rings. The number of piperidine rings is 1. The maximum atomic E-state index is 13.7. The number of nitrogens with zero attached hydrogens (tertiary/aromatic N) is 2. The van der Waals surface area contributed by atoms with E-state index in [0.29, 0.717) is 11.9 Å². The van der Waals surface area contributed by atoms with Gasteiger partial charge in [0.1, 0.15) is 0 Å². The number of rotatable bonds is 7. The molecule has 5 heteroatoms. The van der Waals surface area contributed by atoms with Gasteiger partial charge in [0.05, 0.1) is 18.6 Å². The van der Waals surface area contributed by atoms with E-state index in [1.165, 1.54) is 5.56 Å². The number of nitrogens with one attached hydrogen (secondary N) is 1. The zero-order chi connectivity index (χ0) is 18.5. The van der Waals surface area contributed by atoms with Crippen molar-refractivity contribution in [2.24, 2.45) is 0 Å². The standard InChI is InChI=1S/C22H33N3O2/c26-21(22(9-10-22)19-6-2-1-3-7-19)25(20-8-4-11-23-18-20)13-5-12-24-14-16-27-17-15-24/h1-3,6-7,20,23H,4-5,8-18H2. The average molecular weight is 372 g/mol. The highest BCUT2D eigenvalue weighted by Gasteiger charge is 2.53. The first kappa shape index (κ1) is 18.9. The molecule has 3 aliphatic rings. The Morgan fingerprint density at radius 2 is 2.00 bits per heavy atom. The van der Waals surface area contributed by atoms with Gasteiger partial charge in [0.15, 0.2) is 0 Å². The predicted octanol–water partition coefficient (Wildman–Crippen LogP) is 2.02. The largest absolute Gasteiger partial charge is 0.379 e. The second kappa shape index (κ2) is 8.72. The Balaban J connectivity index is 1.43. The van der Waals surface area contributed by atoms with Crippen molar-refractivity contribution >= 4 is 5.91 Å². The Labute approximate surface area is 163 Å². The van der Waals surface area contributed by atoms with Gasteiger partial charge in [-0.3, -0.25) is 9.69 Å². The minimum absolute atomic E-state index is 0.252. The number of ether oxygens (including phenoxy) is 1. The van der Waals surface area contributed by atoms with Crippen molar-refractivity contribution < 1.29 is 9.53 Å². The molecule has 2 aliphatic heterocycles. The summed E-state index contributed by atoms with van der Waals surface area (Å²) >= 11 is 0. The highest BCUT2D eigenvalue weighted by atomic mass is 16.5. The van der Waals surface area contributed by atoms with Crippen LogP contribution in [0.5, 0.6) is 0 Å². The lowest BCUT2D eigenvalue weighted by molar-refractivity contribution is -0.137. The second-order valence-corrected chi connectivity index (χ2v) is 8.25. The molecule has 0 aromatic heterocycles. The van der Waals surface area contributed by atoms with Crippen LogP contribution in [0.1, 0.15) is 37.7 Å². The number of benzene rings is 1. The van der Waals surface area contributed by atoms with Crippen LogP contribution < -0.4 is 5.32 Å². The second-order valence-electron chi connectivity index (χ2n) is 8.25. The monoisotopic (exact) mass is 371 g/mol. The highest BCUT2D eigenvalue weighted by molar-refractivity contribution is 5.91. The van der Waals surface area contributed by atoms with Crippen LogP contribution in [0, 0.1) is 0 Å². The third-order valence-corrected chi connectivity index (χ3v) is 6.44. The van der Waals surface area contributed by atoms with E-state index in [1.807, 2.05) is 6.07 Å². The normalized spacial score (nSPS) is 25.1. The van der Waals surface area contributed by atoms with Crippen LogP contribution in [0.3, 0.4) is 0 Å². The van der Waals surface area contributed by atoms with E-state index in [4.69, 9.17) is 4.74 Å². The summed E-state index contributed by atoms with van der Waals surface area (Å²) in [6, 6.07) is 10.8. The van der Waals surface area contributed by atoms with Crippen molar-refractivity contribution in [3.05, 3.63) is 35.9 Å². The average Bonchev–Trinajstić information content (AvgIpc) is 3.55. The lowest BCUT2D eigenvalue weighted by atomic mass is 9.92. The van der Waals surface area contributed by atoms with E-state index in [1.54, 1.807) is 0 Å². The molecule has 1 aromatic rings. The topological polar surface area (TPSA) is 44.8 Å². The quantitative estimate of drug-likeness (QED) is 0.797. The van der Waals surface area contributed by atoms with E-state index >= 15 is 0 Å². The number of carbonyl (C=O) groups is 1. The zero-order valence-electron chi connectivity index (χ0n) is 16.4.